The maximum Gasteiger partial charge on any atom is 0.357 e. The molecule has 0 unspecified atom stereocenters. The highest BCUT2D eigenvalue weighted by Gasteiger charge is 2.29. The van der Waals surface area contributed by atoms with E-state index in [1.165, 1.54) is 16.7 Å². The second-order valence-electron chi connectivity index (χ2n) is 7.21. The van der Waals surface area contributed by atoms with Gasteiger partial charge in [-0.05, 0) is 43.2 Å². The SMILES string of the molecule is O=C(OCc1cc(=O)n2cc(Cl)ccc2n1)c1cc(C2CC2)nn1-c1ccccc1. The predicted molar refractivity (Wildman–Crippen MR) is 111 cm³/mol. The van der Waals surface area contributed by atoms with Crippen LogP contribution in [0.15, 0.2) is 65.6 Å². The number of carbonyl (C=O) groups excluding carboxylic acids is 1. The molecule has 0 N–H and O–H groups in total. The van der Waals surface area contributed by atoms with Gasteiger partial charge in [-0.3, -0.25) is 9.20 Å². The molecule has 150 valence electrons. The third kappa shape index (κ3) is 3.59. The van der Waals surface area contributed by atoms with E-state index in [-0.39, 0.29) is 12.2 Å². The molecule has 0 aliphatic heterocycles. The van der Waals surface area contributed by atoms with Gasteiger partial charge in [0.1, 0.15) is 12.3 Å². The first-order valence-corrected chi connectivity index (χ1v) is 9.96. The van der Waals surface area contributed by atoms with Gasteiger partial charge in [0.05, 0.1) is 22.1 Å². The summed E-state index contributed by atoms with van der Waals surface area (Å²) in [5.74, 6) is -0.119. The number of rotatable bonds is 5. The number of nitrogens with zero attached hydrogens (tertiary/aromatic N) is 4. The Hall–Kier alpha value is -3.45. The van der Waals surface area contributed by atoms with E-state index in [0.29, 0.717) is 28.0 Å². The number of pyridine rings is 1. The van der Waals surface area contributed by atoms with Crippen LogP contribution in [0.5, 0.6) is 0 Å². The minimum atomic E-state index is -0.517. The van der Waals surface area contributed by atoms with Gasteiger partial charge >= 0.3 is 5.97 Å². The minimum Gasteiger partial charge on any atom is -0.454 e. The fraction of sp³-hybridized carbons (Fsp3) is 0.182. The van der Waals surface area contributed by atoms with Gasteiger partial charge in [0.15, 0.2) is 5.69 Å². The molecule has 0 spiro atoms. The second-order valence-corrected chi connectivity index (χ2v) is 7.65. The Morgan fingerprint density at radius 3 is 2.70 bits per heavy atom. The number of carbonyl (C=O) groups is 1. The van der Waals surface area contributed by atoms with E-state index in [2.05, 4.69) is 10.1 Å². The van der Waals surface area contributed by atoms with Gasteiger partial charge in [-0.25, -0.2) is 14.5 Å². The van der Waals surface area contributed by atoms with E-state index >= 15 is 0 Å². The van der Waals surface area contributed by atoms with E-state index in [9.17, 15) is 9.59 Å². The Morgan fingerprint density at radius 2 is 1.93 bits per heavy atom. The van der Waals surface area contributed by atoms with Crippen LogP contribution >= 0.6 is 11.6 Å². The number of aromatic nitrogens is 4. The Balaban J connectivity index is 1.41. The summed E-state index contributed by atoms with van der Waals surface area (Å²) < 4.78 is 8.44. The summed E-state index contributed by atoms with van der Waals surface area (Å²) in [5.41, 5.74) is 2.54. The molecule has 8 heteroatoms. The first-order chi connectivity index (χ1) is 14.6. The highest BCUT2D eigenvalue weighted by molar-refractivity contribution is 6.30. The summed E-state index contributed by atoms with van der Waals surface area (Å²) in [6.45, 7) is -0.119. The Kier molecular flexibility index (Phi) is 4.59. The molecule has 0 radical (unpaired) electrons. The number of fused-ring (bicyclic) bond motifs is 1. The highest BCUT2D eigenvalue weighted by Crippen LogP contribution is 2.39. The highest BCUT2D eigenvalue weighted by atomic mass is 35.5. The molecule has 3 aromatic heterocycles. The lowest BCUT2D eigenvalue weighted by Crippen LogP contribution is -2.17. The van der Waals surface area contributed by atoms with Gasteiger partial charge in [-0.2, -0.15) is 5.10 Å². The molecule has 1 aromatic carbocycles. The van der Waals surface area contributed by atoms with Crippen molar-refractivity contribution in [2.45, 2.75) is 25.4 Å². The lowest BCUT2D eigenvalue weighted by atomic mass is 10.2. The maximum atomic E-state index is 12.9. The van der Waals surface area contributed by atoms with E-state index in [4.69, 9.17) is 16.3 Å². The summed E-state index contributed by atoms with van der Waals surface area (Å²) in [5, 5.41) is 5.05. The molecule has 7 nitrogen and oxygen atoms in total. The number of hydrogen-bond acceptors (Lipinski definition) is 5. The number of esters is 1. The Bertz CT molecular complexity index is 1310. The van der Waals surface area contributed by atoms with Gasteiger partial charge in [0.2, 0.25) is 0 Å². The zero-order chi connectivity index (χ0) is 20.7. The van der Waals surface area contributed by atoms with Crippen LogP contribution in [0, 0.1) is 0 Å². The molecule has 1 aliphatic carbocycles. The van der Waals surface area contributed by atoms with Gasteiger partial charge < -0.3 is 4.74 Å². The minimum absolute atomic E-state index is 0.119. The molecule has 3 heterocycles. The molecule has 0 saturated heterocycles. The van der Waals surface area contributed by atoms with Crippen LogP contribution in [-0.2, 0) is 11.3 Å². The molecule has 30 heavy (non-hydrogen) atoms. The van der Waals surface area contributed by atoms with Crippen LogP contribution in [0.2, 0.25) is 5.02 Å². The zero-order valence-corrected chi connectivity index (χ0v) is 16.6. The van der Waals surface area contributed by atoms with Crippen molar-refractivity contribution in [1.82, 2.24) is 19.2 Å². The third-order valence-corrected chi connectivity index (χ3v) is 5.19. The molecule has 0 bridgehead atoms. The van der Waals surface area contributed by atoms with E-state index in [1.54, 1.807) is 22.9 Å². The number of halogens is 1. The van der Waals surface area contributed by atoms with E-state index < -0.39 is 5.97 Å². The van der Waals surface area contributed by atoms with Crippen molar-refractivity contribution in [2.75, 3.05) is 0 Å². The van der Waals surface area contributed by atoms with Crippen LogP contribution in [0.1, 0.15) is 40.6 Å². The summed E-state index contributed by atoms with van der Waals surface area (Å²) in [6, 6.07) is 15.9. The Labute approximate surface area is 176 Å². The third-order valence-electron chi connectivity index (χ3n) is 4.96. The molecular weight excluding hydrogens is 404 g/mol. The second kappa shape index (κ2) is 7.42. The van der Waals surface area contributed by atoms with Crippen molar-refractivity contribution in [3.05, 3.63) is 93.3 Å². The van der Waals surface area contributed by atoms with Crippen LogP contribution in [0.4, 0.5) is 0 Å². The average Bonchev–Trinajstić information content (AvgIpc) is 3.51. The lowest BCUT2D eigenvalue weighted by Gasteiger charge is -2.08. The van der Waals surface area contributed by atoms with Gasteiger partial charge in [0.25, 0.3) is 5.56 Å². The fourth-order valence-corrected chi connectivity index (χ4v) is 3.46. The van der Waals surface area contributed by atoms with E-state index in [0.717, 1.165) is 24.2 Å². The monoisotopic (exact) mass is 420 g/mol. The standard InChI is InChI=1S/C22H17ClN4O3/c23-15-8-9-20-24-16(10-21(28)26(20)12-15)13-30-22(29)19-11-18(14-6-7-14)25-27(19)17-4-2-1-3-5-17/h1-5,8-12,14H,6-7,13H2. The molecule has 1 saturated carbocycles. The van der Waals surface area contributed by atoms with Crippen LogP contribution in [-0.4, -0.2) is 25.1 Å². The van der Waals surface area contributed by atoms with Gasteiger partial charge in [-0.15, -0.1) is 0 Å². The van der Waals surface area contributed by atoms with Crippen LogP contribution < -0.4 is 5.56 Å². The summed E-state index contributed by atoms with van der Waals surface area (Å²) in [4.78, 5) is 29.5. The topological polar surface area (TPSA) is 78.5 Å². The van der Waals surface area contributed by atoms with Crippen molar-refractivity contribution in [3.8, 4) is 5.69 Å². The first-order valence-electron chi connectivity index (χ1n) is 9.59. The number of ether oxygens (including phenoxy) is 1. The predicted octanol–water partition coefficient (Wildman–Crippen LogP) is 3.77. The summed E-state index contributed by atoms with van der Waals surface area (Å²) in [6.07, 6.45) is 3.66. The number of benzene rings is 1. The average molecular weight is 421 g/mol. The van der Waals surface area contributed by atoms with Crippen LogP contribution in [0.25, 0.3) is 11.3 Å². The fourth-order valence-electron chi connectivity index (χ4n) is 3.30. The van der Waals surface area contributed by atoms with Crippen molar-refractivity contribution in [1.29, 1.82) is 0 Å². The zero-order valence-electron chi connectivity index (χ0n) is 15.9. The Morgan fingerprint density at radius 1 is 1.13 bits per heavy atom. The lowest BCUT2D eigenvalue weighted by molar-refractivity contribution is 0.0457. The molecule has 4 aromatic rings. The summed E-state index contributed by atoms with van der Waals surface area (Å²) in [7, 11) is 0. The van der Waals surface area contributed by atoms with Crippen molar-refractivity contribution in [2.24, 2.45) is 0 Å². The number of hydrogen-bond donors (Lipinski definition) is 0. The van der Waals surface area contributed by atoms with Gasteiger partial charge in [0, 0.05) is 18.2 Å². The quantitative estimate of drug-likeness (QED) is 0.459. The summed E-state index contributed by atoms with van der Waals surface area (Å²) >= 11 is 5.93. The normalized spacial score (nSPS) is 13.5. The molecule has 1 fully saturated rings. The smallest absolute Gasteiger partial charge is 0.357 e. The molecule has 1 aliphatic rings. The van der Waals surface area contributed by atoms with Gasteiger partial charge in [-0.1, -0.05) is 29.8 Å². The van der Waals surface area contributed by atoms with Crippen molar-refractivity contribution < 1.29 is 9.53 Å². The molecular formula is C22H17ClN4O3. The van der Waals surface area contributed by atoms with E-state index in [1.807, 2.05) is 30.3 Å². The molecule has 0 atom stereocenters. The molecule has 5 rings (SSSR count). The van der Waals surface area contributed by atoms with Crippen LogP contribution in [0.3, 0.4) is 0 Å². The first kappa shape index (κ1) is 18.6. The number of para-hydroxylation sites is 1. The van der Waals surface area contributed by atoms with Crippen molar-refractivity contribution >= 4 is 23.2 Å². The molecule has 0 amide bonds. The van der Waals surface area contributed by atoms with Crippen molar-refractivity contribution in [3.63, 3.8) is 0 Å². The largest absolute Gasteiger partial charge is 0.454 e. The maximum absolute atomic E-state index is 12.9.